The Hall–Kier alpha value is -1.95. The monoisotopic (exact) mass is 241 g/mol. The molecular weight excluding hydrogens is 226 g/mol. The van der Waals surface area contributed by atoms with Crippen LogP contribution in [0.3, 0.4) is 0 Å². The molecule has 17 heavy (non-hydrogen) atoms. The molecule has 0 bridgehead atoms. The normalized spacial score (nSPS) is 9.59. The minimum absolute atomic E-state index is 0.0574. The number of nitrogens with one attached hydrogen (secondary N) is 1. The van der Waals surface area contributed by atoms with Gasteiger partial charge in [-0.25, -0.2) is 4.79 Å². The second-order valence-electron chi connectivity index (χ2n) is 3.05. The molecule has 0 atom stereocenters. The van der Waals surface area contributed by atoms with Gasteiger partial charge < -0.3 is 19.3 Å². The van der Waals surface area contributed by atoms with Crippen LogP contribution in [-0.2, 0) is 4.74 Å². The summed E-state index contributed by atoms with van der Waals surface area (Å²) in [6.07, 6.45) is -0.661. The van der Waals surface area contributed by atoms with Crippen LogP contribution in [0.2, 0.25) is 0 Å². The molecule has 0 spiro atoms. The smallest absolute Gasteiger partial charge is 0.411 e. The molecule has 1 aromatic carbocycles. The highest BCUT2D eigenvalue weighted by molar-refractivity contribution is 5.87. The number of hydrogen-bond acceptors (Lipinski definition) is 5. The van der Waals surface area contributed by atoms with Crippen molar-refractivity contribution < 1.29 is 24.1 Å². The lowest BCUT2D eigenvalue weighted by Gasteiger charge is -2.11. The number of amides is 1. The number of ether oxygens (including phenoxy) is 3. The van der Waals surface area contributed by atoms with Crippen LogP contribution < -0.4 is 14.8 Å². The fourth-order valence-electron chi connectivity index (χ4n) is 1.20. The Morgan fingerprint density at radius 3 is 2.71 bits per heavy atom. The van der Waals surface area contributed by atoms with E-state index < -0.39 is 6.09 Å². The molecule has 0 heterocycles. The molecule has 0 unspecified atom stereocenters. The molecule has 0 saturated carbocycles. The fourth-order valence-corrected chi connectivity index (χ4v) is 1.20. The second-order valence-corrected chi connectivity index (χ2v) is 3.05. The molecule has 0 aliphatic heterocycles. The molecule has 0 saturated heterocycles. The molecule has 1 aromatic rings. The second kappa shape index (κ2) is 6.59. The first-order chi connectivity index (χ1) is 8.21. The minimum Gasteiger partial charge on any atom is -0.497 e. The van der Waals surface area contributed by atoms with Crippen LogP contribution in [0.4, 0.5) is 10.5 Å². The Morgan fingerprint density at radius 2 is 2.12 bits per heavy atom. The van der Waals surface area contributed by atoms with Gasteiger partial charge in [-0.3, -0.25) is 5.32 Å². The van der Waals surface area contributed by atoms with Crippen molar-refractivity contribution in [3.63, 3.8) is 0 Å². The molecule has 94 valence electrons. The number of aliphatic hydroxyl groups is 1. The van der Waals surface area contributed by atoms with E-state index in [-0.39, 0.29) is 13.2 Å². The van der Waals surface area contributed by atoms with Crippen molar-refractivity contribution in [1.29, 1.82) is 0 Å². The number of anilines is 1. The molecular formula is C11H15NO5. The maximum atomic E-state index is 11.3. The topological polar surface area (TPSA) is 77.0 Å². The summed E-state index contributed by atoms with van der Waals surface area (Å²) in [4.78, 5) is 11.3. The third-order valence-corrected chi connectivity index (χ3v) is 1.97. The molecule has 0 fully saturated rings. The van der Waals surface area contributed by atoms with Crippen molar-refractivity contribution in [2.45, 2.75) is 0 Å². The van der Waals surface area contributed by atoms with Crippen molar-refractivity contribution in [3.05, 3.63) is 18.2 Å². The van der Waals surface area contributed by atoms with Gasteiger partial charge in [-0.2, -0.15) is 0 Å². The van der Waals surface area contributed by atoms with Gasteiger partial charge in [0.25, 0.3) is 0 Å². The predicted octanol–water partition coefficient (Wildman–Crippen LogP) is 1.24. The average molecular weight is 241 g/mol. The lowest BCUT2D eigenvalue weighted by atomic mass is 10.2. The van der Waals surface area contributed by atoms with Gasteiger partial charge in [0.2, 0.25) is 0 Å². The van der Waals surface area contributed by atoms with Crippen LogP contribution in [0, 0.1) is 0 Å². The van der Waals surface area contributed by atoms with E-state index in [4.69, 9.17) is 14.6 Å². The van der Waals surface area contributed by atoms with Crippen LogP contribution in [0.25, 0.3) is 0 Å². The van der Waals surface area contributed by atoms with Crippen LogP contribution >= 0.6 is 0 Å². The zero-order chi connectivity index (χ0) is 12.7. The molecule has 0 aliphatic rings. The van der Waals surface area contributed by atoms with Crippen LogP contribution in [0.15, 0.2) is 18.2 Å². The number of methoxy groups -OCH3 is 2. The first-order valence-corrected chi connectivity index (χ1v) is 4.98. The first kappa shape index (κ1) is 13.1. The van der Waals surface area contributed by atoms with E-state index in [2.05, 4.69) is 10.1 Å². The maximum absolute atomic E-state index is 11.3. The zero-order valence-electron chi connectivity index (χ0n) is 9.73. The molecule has 1 rings (SSSR count). The summed E-state index contributed by atoms with van der Waals surface area (Å²) in [7, 11) is 3.02. The van der Waals surface area contributed by atoms with Gasteiger partial charge >= 0.3 is 6.09 Å². The van der Waals surface area contributed by atoms with Crippen molar-refractivity contribution in [3.8, 4) is 11.5 Å². The maximum Gasteiger partial charge on any atom is 0.411 e. The minimum atomic E-state index is -0.661. The number of carbonyl (C=O) groups excluding carboxylic acids is 1. The fraction of sp³-hybridized carbons (Fsp3) is 0.364. The predicted molar refractivity (Wildman–Crippen MR) is 61.6 cm³/mol. The van der Waals surface area contributed by atoms with Crippen molar-refractivity contribution in [2.24, 2.45) is 0 Å². The van der Waals surface area contributed by atoms with E-state index in [0.717, 1.165) is 0 Å². The summed E-state index contributed by atoms with van der Waals surface area (Å²) in [6.45, 7) is -0.277. The Balaban J connectivity index is 2.76. The van der Waals surface area contributed by atoms with Gasteiger partial charge in [0.1, 0.15) is 18.1 Å². The van der Waals surface area contributed by atoms with Gasteiger partial charge in [-0.15, -0.1) is 0 Å². The van der Waals surface area contributed by atoms with Crippen LogP contribution in [-0.4, -0.2) is 38.6 Å². The number of hydrogen-bond donors (Lipinski definition) is 2. The highest BCUT2D eigenvalue weighted by Crippen LogP contribution is 2.28. The first-order valence-electron chi connectivity index (χ1n) is 4.98. The Morgan fingerprint density at radius 1 is 1.35 bits per heavy atom. The summed E-state index contributed by atoms with van der Waals surface area (Å²) in [5.74, 6) is 1.08. The molecule has 6 heteroatoms. The van der Waals surface area contributed by atoms with E-state index in [1.807, 2.05) is 0 Å². The van der Waals surface area contributed by atoms with Gasteiger partial charge in [0, 0.05) is 6.07 Å². The zero-order valence-corrected chi connectivity index (χ0v) is 9.73. The van der Waals surface area contributed by atoms with Crippen LogP contribution in [0.5, 0.6) is 11.5 Å². The van der Waals surface area contributed by atoms with E-state index in [1.54, 1.807) is 18.2 Å². The van der Waals surface area contributed by atoms with Gasteiger partial charge in [-0.05, 0) is 12.1 Å². The van der Waals surface area contributed by atoms with Gasteiger partial charge in [-0.1, -0.05) is 0 Å². The molecule has 6 nitrogen and oxygen atoms in total. The van der Waals surface area contributed by atoms with E-state index in [1.165, 1.54) is 14.2 Å². The standard InChI is InChI=1S/C11H15NO5/c1-15-8-3-4-10(16-2)9(7-8)12-11(14)17-6-5-13/h3-4,7,13H,5-6H2,1-2H3,(H,12,14). The number of aliphatic hydroxyl groups excluding tert-OH is 1. The van der Waals surface area contributed by atoms with Crippen LogP contribution in [0.1, 0.15) is 0 Å². The van der Waals surface area contributed by atoms with Gasteiger partial charge in [0.05, 0.1) is 26.5 Å². The van der Waals surface area contributed by atoms with E-state index >= 15 is 0 Å². The lowest BCUT2D eigenvalue weighted by Crippen LogP contribution is -2.16. The SMILES string of the molecule is COc1ccc(OC)c(NC(=O)OCCO)c1. The largest absolute Gasteiger partial charge is 0.497 e. The number of benzene rings is 1. The van der Waals surface area contributed by atoms with Gasteiger partial charge in [0.15, 0.2) is 0 Å². The third kappa shape index (κ3) is 3.84. The molecule has 0 radical (unpaired) electrons. The molecule has 0 aromatic heterocycles. The average Bonchev–Trinajstić information content (AvgIpc) is 2.36. The molecule has 2 N–H and O–H groups in total. The van der Waals surface area contributed by atoms with E-state index in [9.17, 15) is 4.79 Å². The summed E-state index contributed by atoms with van der Waals surface area (Å²) in [5, 5.41) is 11.0. The highest BCUT2D eigenvalue weighted by Gasteiger charge is 2.09. The summed E-state index contributed by atoms with van der Waals surface area (Å²) >= 11 is 0. The Bertz CT molecular complexity index is 380. The number of rotatable bonds is 5. The third-order valence-electron chi connectivity index (χ3n) is 1.97. The highest BCUT2D eigenvalue weighted by atomic mass is 16.6. The molecule has 1 amide bonds. The summed E-state index contributed by atoms with van der Waals surface area (Å²) < 4.78 is 14.8. The van der Waals surface area contributed by atoms with Crippen molar-refractivity contribution in [1.82, 2.24) is 0 Å². The van der Waals surface area contributed by atoms with E-state index in [0.29, 0.717) is 17.2 Å². The molecule has 0 aliphatic carbocycles. The Labute approximate surface area is 99.1 Å². The van der Waals surface area contributed by atoms with Crippen molar-refractivity contribution in [2.75, 3.05) is 32.8 Å². The number of carbonyl (C=O) groups is 1. The lowest BCUT2D eigenvalue weighted by molar-refractivity contribution is 0.131. The summed E-state index contributed by atoms with van der Waals surface area (Å²) in [6, 6.07) is 4.99. The quantitative estimate of drug-likeness (QED) is 0.811. The summed E-state index contributed by atoms with van der Waals surface area (Å²) in [5.41, 5.74) is 0.440. The Kier molecular flexibility index (Phi) is 5.09. The van der Waals surface area contributed by atoms with Crippen molar-refractivity contribution >= 4 is 11.8 Å².